The van der Waals surface area contributed by atoms with Crippen molar-refractivity contribution in [2.24, 2.45) is 0 Å². The van der Waals surface area contributed by atoms with Crippen LogP contribution in [0.15, 0.2) is 12.5 Å². The molecule has 2 heterocycles. The molecule has 0 aromatic carbocycles. The minimum atomic E-state index is 0.641. The molecule has 0 amide bonds. The van der Waals surface area contributed by atoms with Gasteiger partial charge >= 0.3 is 0 Å². The van der Waals surface area contributed by atoms with Gasteiger partial charge in [-0.15, -0.1) is 0 Å². The number of fused-ring (bicyclic) bond motifs is 1. The summed E-state index contributed by atoms with van der Waals surface area (Å²) in [5, 5.41) is 7.48. The molecule has 1 aromatic rings. The third-order valence-corrected chi connectivity index (χ3v) is 2.24. The molecular formula is C8H12N4. The molecule has 0 unspecified atom stereocenters. The van der Waals surface area contributed by atoms with Crippen molar-refractivity contribution in [1.82, 2.24) is 14.5 Å². The standard InChI is InChI=1S/C8H12N4/c1-7(9)11-2-3-12-6-10-4-8(12)5-11/h4,6,9H,2-3,5H2,1H3. The number of nitrogens with zero attached hydrogens (tertiary/aromatic N) is 3. The first-order chi connectivity index (χ1) is 5.77. The Morgan fingerprint density at radius 2 is 2.42 bits per heavy atom. The fourth-order valence-electron chi connectivity index (χ4n) is 1.47. The number of rotatable bonds is 0. The summed E-state index contributed by atoms with van der Waals surface area (Å²) >= 11 is 0. The van der Waals surface area contributed by atoms with Crippen LogP contribution in [0.5, 0.6) is 0 Å². The van der Waals surface area contributed by atoms with E-state index >= 15 is 0 Å². The van der Waals surface area contributed by atoms with Crippen LogP contribution < -0.4 is 0 Å². The van der Waals surface area contributed by atoms with Crippen LogP contribution in [0, 0.1) is 5.41 Å². The van der Waals surface area contributed by atoms with Gasteiger partial charge in [-0.2, -0.15) is 0 Å². The molecule has 1 N–H and O–H groups in total. The Morgan fingerprint density at radius 1 is 1.58 bits per heavy atom. The van der Waals surface area contributed by atoms with Crippen molar-refractivity contribution in [3.8, 4) is 0 Å². The lowest BCUT2D eigenvalue weighted by molar-refractivity contribution is 0.333. The van der Waals surface area contributed by atoms with Crippen LogP contribution >= 0.6 is 0 Å². The largest absolute Gasteiger partial charge is 0.353 e. The highest BCUT2D eigenvalue weighted by atomic mass is 15.2. The van der Waals surface area contributed by atoms with Gasteiger partial charge in [-0.1, -0.05) is 0 Å². The lowest BCUT2D eigenvalue weighted by Crippen LogP contribution is -2.35. The van der Waals surface area contributed by atoms with Crippen molar-refractivity contribution in [1.29, 1.82) is 5.41 Å². The van der Waals surface area contributed by atoms with E-state index in [-0.39, 0.29) is 0 Å². The fraction of sp³-hybridized carbons (Fsp3) is 0.500. The van der Waals surface area contributed by atoms with Crippen LogP contribution in [0.25, 0.3) is 0 Å². The van der Waals surface area contributed by atoms with Gasteiger partial charge in [-0.25, -0.2) is 4.98 Å². The molecule has 0 bridgehead atoms. The van der Waals surface area contributed by atoms with Gasteiger partial charge in [0.1, 0.15) is 0 Å². The van der Waals surface area contributed by atoms with E-state index in [1.165, 1.54) is 5.69 Å². The molecular weight excluding hydrogens is 152 g/mol. The van der Waals surface area contributed by atoms with Gasteiger partial charge in [0.25, 0.3) is 0 Å². The predicted octanol–water partition coefficient (Wildman–Crippen LogP) is 0.696. The highest BCUT2D eigenvalue weighted by molar-refractivity contribution is 5.76. The predicted molar refractivity (Wildman–Crippen MR) is 46.0 cm³/mol. The lowest BCUT2D eigenvalue weighted by atomic mass is 10.3. The zero-order valence-electron chi connectivity index (χ0n) is 7.12. The number of hydrogen-bond donors (Lipinski definition) is 1. The van der Waals surface area contributed by atoms with E-state index in [9.17, 15) is 0 Å². The van der Waals surface area contributed by atoms with Crippen molar-refractivity contribution in [3.63, 3.8) is 0 Å². The second-order valence-corrected chi connectivity index (χ2v) is 3.09. The molecule has 4 heteroatoms. The second-order valence-electron chi connectivity index (χ2n) is 3.09. The summed E-state index contributed by atoms with van der Waals surface area (Å²) in [6, 6.07) is 0. The summed E-state index contributed by atoms with van der Waals surface area (Å²) in [5.41, 5.74) is 1.20. The molecule has 12 heavy (non-hydrogen) atoms. The topological polar surface area (TPSA) is 44.9 Å². The molecule has 0 aliphatic carbocycles. The Morgan fingerprint density at radius 3 is 3.17 bits per heavy atom. The van der Waals surface area contributed by atoms with E-state index in [4.69, 9.17) is 5.41 Å². The van der Waals surface area contributed by atoms with Gasteiger partial charge in [0.15, 0.2) is 0 Å². The molecule has 0 saturated carbocycles. The van der Waals surface area contributed by atoms with Crippen LogP contribution in [0.4, 0.5) is 0 Å². The molecule has 1 aromatic heterocycles. The third-order valence-electron chi connectivity index (χ3n) is 2.24. The number of nitrogens with one attached hydrogen (secondary N) is 1. The SMILES string of the molecule is CC(=N)N1CCn2cncc2C1. The Bertz CT molecular complexity index is 302. The van der Waals surface area contributed by atoms with Crippen LogP contribution in [0.1, 0.15) is 12.6 Å². The highest BCUT2D eigenvalue weighted by Gasteiger charge is 2.15. The van der Waals surface area contributed by atoms with E-state index in [2.05, 4.69) is 14.5 Å². The highest BCUT2D eigenvalue weighted by Crippen LogP contribution is 2.10. The van der Waals surface area contributed by atoms with E-state index in [0.29, 0.717) is 5.84 Å². The first kappa shape index (κ1) is 7.34. The number of imidazole rings is 1. The maximum Gasteiger partial charge on any atom is 0.0949 e. The van der Waals surface area contributed by atoms with Crippen molar-refractivity contribution in [2.45, 2.75) is 20.0 Å². The van der Waals surface area contributed by atoms with E-state index in [1.54, 1.807) is 0 Å². The van der Waals surface area contributed by atoms with Crippen molar-refractivity contribution < 1.29 is 0 Å². The quantitative estimate of drug-likeness (QED) is 0.453. The molecule has 0 saturated heterocycles. The van der Waals surface area contributed by atoms with Crippen LogP contribution in [-0.2, 0) is 13.1 Å². The summed E-state index contributed by atoms with van der Waals surface area (Å²) in [6.07, 6.45) is 3.72. The Labute approximate surface area is 71.3 Å². The van der Waals surface area contributed by atoms with Crippen molar-refractivity contribution in [3.05, 3.63) is 18.2 Å². The fourth-order valence-corrected chi connectivity index (χ4v) is 1.47. The molecule has 64 valence electrons. The van der Waals surface area contributed by atoms with Crippen LogP contribution in [0.3, 0.4) is 0 Å². The van der Waals surface area contributed by atoms with E-state index in [1.807, 2.05) is 19.4 Å². The number of aromatic nitrogens is 2. The number of hydrogen-bond acceptors (Lipinski definition) is 2. The smallest absolute Gasteiger partial charge is 0.0949 e. The maximum absolute atomic E-state index is 7.48. The monoisotopic (exact) mass is 164 g/mol. The average Bonchev–Trinajstić information content (AvgIpc) is 2.49. The van der Waals surface area contributed by atoms with Gasteiger partial charge in [0.05, 0.1) is 24.4 Å². The van der Waals surface area contributed by atoms with Gasteiger partial charge in [-0.05, 0) is 6.92 Å². The zero-order chi connectivity index (χ0) is 8.55. The molecule has 0 atom stereocenters. The third kappa shape index (κ3) is 1.09. The number of amidine groups is 1. The molecule has 4 nitrogen and oxygen atoms in total. The van der Waals surface area contributed by atoms with Gasteiger partial charge in [-0.3, -0.25) is 5.41 Å². The van der Waals surface area contributed by atoms with Crippen LogP contribution in [0.2, 0.25) is 0 Å². The summed E-state index contributed by atoms with van der Waals surface area (Å²) < 4.78 is 2.14. The Hall–Kier alpha value is -1.32. The maximum atomic E-state index is 7.48. The van der Waals surface area contributed by atoms with Crippen molar-refractivity contribution in [2.75, 3.05) is 6.54 Å². The Kier molecular flexibility index (Phi) is 1.60. The van der Waals surface area contributed by atoms with Gasteiger partial charge in [0, 0.05) is 19.3 Å². The van der Waals surface area contributed by atoms with Gasteiger partial charge < -0.3 is 9.47 Å². The molecule has 1 aliphatic rings. The minimum Gasteiger partial charge on any atom is -0.353 e. The molecule has 0 fully saturated rings. The first-order valence-electron chi connectivity index (χ1n) is 4.06. The minimum absolute atomic E-state index is 0.641. The lowest BCUT2D eigenvalue weighted by Gasteiger charge is -2.28. The van der Waals surface area contributed by atoms with Gasteiger partial charge in [0.2, 0.25) is 0 Å². The second kappa shape index (κ2) is 2.62. The first-order valence-corrected chi connectivity index (χ1v) is 4.06. The average molecular weight is 164 g/mol. The molecule has 2 rings (SSSR count). The van der Waals surface area contributed by atoms with E-state index in [0.717, 1.165) is 19.6 Å². The van der Waals surface area contributed by atoms with Crippen LogP contribution in [-0.4, -0.2) is 26.8 Å². The normalized spacial score (nSPS) is 15.9. The molecule has 0 radical (unpaired) electrons. The summed E-state index contributed by atoms with van der Waals surface area (Å²) in [4.78, 5) is 6.12. The Balaban J connectivity index is 2.20. The van der Waals surface area contributed by atoms with E-state index < -0.39 is 0 Å². The molecule has 0 spiro atoms. The summed E-state index contributed by atoms with van der Waals surface area (Å²) in [6.45, 7) is 4.53. The van der Waals surface area contributed by atoms with Crippen molar-refractivity contribution >= 4 is 5.84 Å². The zero-order valence-corrected chi connectivity index (χ0v) is 7.12. The summed E-state index contributed by atoms with van der Waals surface area (Å²) in [7, 11) is 0. The molecule has 1 aliphatic heterocycles. The summed E-state index contributed by atoms with van der Waals surface area (Å²) in [5.74, 6) is 0.641.